The molecule has 0 bridgehead atoms. The number of primary amides is 1. The number of hydrogen-bond acceptors (Lipinski definition) is 4. The van der Waals surface area contributed by atoms with E-state index >= 15 is 0 Å². The monoisotopic (exact) mass is 344 g/mol. The fourth-order valence-electron chi connectivity index (χ4n) is 3.70. The quantitative estimate of drug-likeness (QED) is 0.789. The zero-order chi connectivity index (χ0) is 18.1. The molecular formula is C21H20N4O. The van der Waals surface area contributed by atoms with Gasteiger partial charge in [-0.25, -0.2) is 9.97 Å². The van der Waals surface area contributed by atoms with Crippen LogP contribution in [0, 0.1) is 0 Å². The van der Waals surface area contributed by atoms with E-state index in [2.05, 4.69) is 52.1 Å². The van der Waals surface area contributed by atoms with Gasteiger partial charge in [-0.1, -0.05) is 48.5 Å². The van der Waals surface area contributed by atoms with Gasteiger partial charge in [0.2, 0.25) is 0 Å². The Kier molecular flexibility index (Phi) is 4.13. The highest BCUT2D eigenvalue weighted by Crippen LogP contribution is 2.40. The molecule has 2 aromatic carbocycles. The van der Waals surface area contributed by atoms with E-state index in [1.807, 2.05) is 24.3 Å². The van der Waals surface area contributed by atoms with E-state index in [0.29, 0.717) is 11.9 Å². The number of hydrogen-bond donors (Lipinski definition) is 1. The Labute approximate surface area is 152 Å². The van der Waals surface area contributed by atoms with Crippen LogP contribution in [0.25, 0.3) is 0 Å². The third-order valence-electron chi connectivity index (χ3n) is 4.82. The number of benzene rings is 2. The van der Waals surface area contributed by atoms with Crippen LogP contribution in [0.5, 0.6) is 0 Å². The first kappa shape index (κ1) is 16.3. The normalized spacial score (nSPS) is 17.0. The van der Waals surface area contributed by atoms with Gasteiger partial charge >= 0.3 is 0 Å². The molecule has 2 unspecified atom stereocenters. The summed E-state index contributed by atoms with van der Waals surface area (Å²) in [5.41, 5.74) is 9.24. The molecule has 5 nitrogen and oxygen atoms in total. The smallest absolute Gasteiger partial charge is 0.267 e. The van der Waals surface area contributed by atoms with Gasteiger partial charge in [-0.05, 0) is 36.6 Å². The lowest BCUT2D eigenvalue weighted by Gasteiger charge is -2.33. The maximum atomic E-state index is 11.6. The van der Waals surface area contributed by atoms with Gasteiger partial charge in [0, 0.05) is 17.9 Å². The average Bonchev–Trinajstić information content (AvgIpc) is 2.99. The van der Waals surface area contributed by atoms with E-state index in [1.54, 1.807) is 12.3 Å². The predicted octanol–water partition coefficient (Wildman–Crippen LogP) is 3.12. The molecule has 1 aliphatic heterocycles. The third kappa shape index (κ3) is 2.81. The number of amides is 1. The second kappa shape index (κ2) is 6.59. The van der Waals surface area contributed by atoms with E-state index in [-0.39, 0.29) is 11.7 Å². The van der Waals surface area contributed by atoms with E-state index in [4.69, 9.17) is 5.73 Å². The van der Waals surface area contributed by atoms with Crippen molar-refractivity contribution in [1.29, 1.82) is 0 Å². The van der Waals surface area contributed by atoms with Crippen LogP contribution in [-0.4, -0.2) is 21.9 Å². The summed E-state index contributed by atoms with van der Waals surface area (Å²) in [7, 11) is 0. The van der Waals surface area contributed by atoms with Crippen LogP contribution in [0.4, 0.5) is 5.69 Å². The summed E-state index contributed by atoms with van der Waals surface area (Å²) in [5, 5.41) is 0. The Balaban J connectivity index is 1.88. The minimum atomic E-state index is -0.546. The van der Waals surface area contributed by atoms with Crippen molar-refractivity contribution in [2.75, 3.05) is 4.90 Å². The Morgan fingerprint density at radius 1 is 1.12 bits per heavy atom. The van der Waals surface area contributed by atoms with Crippen molar-refractivity contribution >= 4 is 11.6 Å². The summed E-state index contributed by atoms with van der Waals surface area (Å²) in [6, 6.07) is 20.2. The Morgan fingerprint density at radius 2 is 1.85 bits per heavy atom. The van der Waals surface area contributed by atoms with Crippen molar-refractivity contribution < 1.29 is 4.79 Å². The Hall–Kier alpha value is -3.21. The van der Waals surface area contributed by atoms with Crippen LogP contribution in [0.1, 0.15) is 40.4 Å². The highest BCUT2D eigenvalue weighted by atomic mass is 16.1. The lowest BCUT2D eigenvalue weighted by molar-refractivity contribution is 0.0995. The molecule has 3 aromatic rings. The van der Waals surface area contributed by atoms with E-state index in [9.17, 15) is 4.79 Å². The predicted molar refractivity (Wildman–Crippen MR) is 101 cm³/mol. The Morgan fingerprint density at radius 3 is 2.62 bits per heavy atom. The van der Waals surface area contributed by atoms with E-state index < -0.39 is 5.91 Å². The molecule has 4 rings (SSSR count). The molecule has 0 aliphatic carbocycles. The minimum absolute atomic E-state index is 0.186. The molecule has 0 fully saturated rings. The average molecular weight is 344 g/mol. The third-order valence-corrected chi connectivity index (χ3v) is 4.82. The van der Waals surface area contributed by atoms with Crippen LogP contribution in [0.15, 0.2) is 66.9 Å². The van der Waals surface area contributed by atoms with Crippen LogP contribution in [-0.2, 0) is 6.42 Å². The van der Waals surface area contributed by atoms with Crippen molar-refractivity contribution in [1.82, 2.24) is 9.97 Å². The van der Waals surface area contributed by atoms with Crippen molar-refractivity contribution in [2.24, 2.45) is 5.73 Å². The Bertz CT molecular complexity index is 942. The van der Waals surface area contributed by atoms with Crippen LogP contribution < -0.4 is 10.6 Å². The van der Waals surface area contributed by atoms with Crippen LogP contribution >= 0.6 is 0 Å². The van der Waals surface area contributed by atoms with Gasteiger partial charge < -0.3 is 10.6 Å². The number of anilines is 1. The SMILES string of the molecule is CC1Cc2ccccc2N1C(c1ccccc1)c1nccc(C(N)=O)n1. The molecule has 2 heterocycles. The number of nitrogens with zero attached hydrogens (tertiary/aromatic N) is 3. The second-order valence-corrected chi connectivity index (χ2v) is 6.57. The molecular weight excluding hydrogens is 324 g/mol. The lowest BCUT2D eigenvalue weighted by atomic mass is 10.0. The summed E-state index contributed by atoms with van der Waals surface area (Å²) in [5.74, 6) is 0.0337. The molecule has 0 spiro atoms. The maximum Gasteiger partial charge on any atom is 0.267 e. The van der Waals surface area contributed by atoms with Crippen molar-refractivity contribution in [3.63, 3.8) is 0 Å². The summed E-state index contributed by atoms with van der Waals surface area (Å²) in [6.07, 6.45) is 2.57. The summed E-state index contributed by atoms with van der Waals surface area (Å²) in [6.45, 7) is 2.20. The number of rotatable bonds is 4. The standard InChI is InChI=1S/C21H20N4O/c1-14-13-16-9-5-6-10-18(16)25(14)19(15-7-3-2-4-8-15)21-23-12-11-17(24-21)20(22)26/h2-12,14,19H,13H2,1H3,(H2,22,26). The largest absolute Gasteiger partial charge is 0.364 e. The topological polar surface area (TPSA) is 72.1 Å². The van der Waals surface area contributed by atoms with Gasteiger partial charge in [0.05, 0.1) is 0 Å². The number of fused-ring (bicyclic) bond motifs is 1. The van der Waals surface area contributed by atoms with Crippen molar-refractivity contribution in [3.8, 4) is 0 Å². The first-order chi connectivity index (χ1) is 12.6. The molecule has 0 radical (unpaired) electrons. The first-order valence-corrected chi connectivity index (χ1v) is 8.69. The van der Waals surface area contributed by atoms with Gasteiger partial charge in [-0.15, -0.1) is 0 Å². The van der Waals surface area contributed by atoms with Crippen molar-refractivity contribution in [3.05, 3.63) is 89.5 Å². The van der Waals surface area contributed by atoms with E-state index in [1.165, 1.54) is 11.3 Å². The van der Waals surface area contributed by atoms with Gasteiger partial charge in [-0.3, -0.25) is 4.79 Å². The summed E-state index contributed by atoms with van der Waals surface area (Å²) in [4.78, 5) is 22.9. The number of nitrogens with two attached hydrogens (primary N) is 1. The molecule has 26 heavy (non-hydrogen) atoms. The molecule has 2 atom stereocenters. The lowest BCUT2D eigenvalue weighted by Crippen LogP contribution is -2.35. The molecule has 1 amide bonds. The maximum absolute atomic E-state index is 11.6. The molecule has 0 saturated carbocycles. The minimum Gasteiger partial charge on any atom is -0.364 e. The number of aromatic nitrogens is 2. The molecule has 1 aliphatic rings. The van der Waals surface area contributed by atoms with Gasteiger partial charge in [-0.2, -0.15) is 0 Å². The number of para-hydroxylation sites is 1. The van der Waals surface area contributed by atoms with Gasteiger partial charge in [0.15, 0.2) is 5.82 Å². The zero-order valence-electron chi connectivity index (χ0n) is 14.5. The van der Waals surface area contributed by atoms with Crippen molar-refractivity contribution in [2.45, 2.75) is 25.4 Å². The molecule has 130 valence electrons. The molecule has 2 N–H and O–H groups in total. The van der Waals surface area contributed by atoms with Gasteiger partial charge in [0.25, 0.3) is 5.91 Å². The fraction of sp³-hybridized carbons (Fsp3) is 0.190. The first-order valence-electron chi connectivity index (χ1n) is 8.69. The molecule has 5 heteroatoms. The van der Waals surface area contributed by atoms with Gasteiger partial charge in [0.1, 0.15) is 11.7 Å². The highest BCUT2D eigenvalue weighted by Gasteiger charge is 2.34. The zero-order valence-corrected chi connectivity index (χ0v) is 14.5. The second-order valence-electron chi connectivity index (χ2n) is 6.57. The highest BCUT2D eigenvalue weighted by molar-refractivity contribution is 5.90. The number of carbonyl (C=O) groups excluding carboxylic acids is 1. The molecule has 0 saturated heterocycles. The van der Waals surface area contributed by atoms with Crippen LogP contribution in [0.3, 0.4) is 0 Å². The van der Waals surface area contributed by atoms with E-state index in [0.717, 1.165) is 12.0 Å². The summed E-state index contributed by atoms with van der Waals surface area (Å²) >= 11 is 0. The fourth-order valence-corrected chi connectivity index (χ4v) is 3.70. The summed E-state index contributed by atoms with van der Waals surface area (Å²) < 4.78 is 0. The molecule has 1 aromatic heterocycles. The van der Waals surface area contributed by atoms with Crippen LogP contribution in [0.2, 0.25) is 0 Å². The number of carbonyl (C=O) groups is 1.